The van der Waals surface area contributed by atoms with Crippen molar-refractivity contribution in [3.8, 4) is 11.5 Å². The summed E-state index contributed by atoms with van der Waals surface area (Å²) in [6, 6.07) is 13.1. The van der Waals surface area contributed by atoms with Crippen molar-refractivity contribution in [2.24, 2.45) is 5.10 Å². The van der Waals surface area contributed by atoms with Gasteiger partial charge < -0.3 is 9.47 Å². The Labute approximate surface area is 177 Å². The molecule has 154 valence electrons. The molecule has 9 heteroatoms. The van der Waals surface area contributed by atoms with Crippen molar-refractivity contribution in [3.63, 3.8) is 0 Å². The summed E-state index contributed by atoms with van der Waals surface area (Å²) in [5, 5.41) is 10.8. The molecule has 0 fully saturated rings. The first-order chi connectivity index (χ1) is 14.5. The number of nitrogens with one attached hydrogen (secondary N) is 2. The molecule has 30 heavy (non-hydrogen) atoms. The van der Waals surface area contributed by atoms with Crippen molar-refractivity contribution in [2.75, 3.05) is 6.61 Å². The van der Waals surface area contributed by atoms with Crippen LogP contribution >= 0.6 is 11.6 Å². The average molecular weight is 427 g/mol. The van der Waals surface area contributed by atoms with Crippen LogP contribution in [0.15, 0.2) is 53.6 Å². The summed E-state index contributed by atoms with van der Waals surface area (Å²) in [5.74, 6) is -0.429. The van der Waals surface area contributed by atoms with E-state index in [0.717, 1.165) is 5.69 Å². The van der Waals surface area contributed by atoms with Crippen LogP contribution < -0.4 is 14.9 Å². The van der Waals surface area contributed by atoms with Crippen LogP contribution in [0.3, 0.4) is 0 Å². The molecular weight excluding hydrogens is 408 g/mol. The summed E-state index contributed by atoms with van der Waals surface area (Å²) in [7, 11) is 0. The summed E-state index contributed by atoms with van der Waals surface area (Å²) in [6.45, 7) is 3.97. The molecule has 0 radical (unpaired) electrons. The van der Waals surface area contributed by atoms with Gasteiger partial charge in [-0.1, -0.05) is 23.7 Å². The number of halogens is 1. The molecule has 0 unspecified atom stereocenters. The maximum absolute atomic E-state index is 12.4. The highest BCUT2D eigenvalue weighted by molar-refractivity contribution is 6.33. The number of nitrogens with zero attached hydrogens (tertiary/aromatic N) is 2. The number of carbonyl (C=O) groups excluding carboxylic acids is 2. The minimum absolute atomic E-state index is 0.237. The number of H-pyrrole nitrogens is 1. The predicted octanol–water partition coefficient (Wildman–Crippen LogP) is 3.75. The van der Waals surface area contributed by atoms with Crippen molar-refractivity contribution in [1.29, 1.82) is 0 Å². The first-order valence-corrected chi connectivity index (χ1v) is 9.44. The topological polar surface area (TPSA) is 106 Å². The second-order valence-electron chi connectivity index (χ2n) is 6.14. The maximum atomic E-state index is 12.4. The van der Waals surface area contributed by atoms with E-state index in [1.807, 2.05) is 6.92 Å². The highest BCUT2D eigenvalue weighted by Gasteiger charge is 2.15. The summed E-state index contributed by atoms with van der Waals surface area (Å²) in [5.41, 5.74) is 4.29. The minimum atomic E-state index is -0.593. The minimum Gasteiger partial charge on any atom is -0.490 e. The van der Waals surface area contributed by atoms with E-state index in [1.54, 1.807) is 55.5 Å². The van der Waals surface area contributed by atoms with Gasteiger partial charge in [0.2, 0.25) is 0 Å². The third kappa shape index (κ3) is 5.24. The number of aromatic amines is 1. The third-order valence-electron chi connectivity index (χ3n) is 3.88. The molecule has 1 heterocycles. The van der Waals surface area contributed by atoms with Gasteiger partial charge in [0.15, 0.2) is 17.2 Å². The van der Waals surface area contributed by atoms with Crippen LogP contribution in [0.4, 0.5) is 0 Å². The smallest absolute Gasteiger partial charge is 0.345 e. The van der Waals surface area contributed by atoms with Crippen LogP contribution in [0.1, 0.15) is 39.0 Å². The molecule has 0 aliphatic carbocycles. The van der Waals surface area contributed by atoms with E-state index in [9.17, 15) is 9.59 Å². The van der Waals surface area contributed by atoms with E-state index in [4.69, 9.17) is 21.1 Å². The van der Waals surface area contributed by atoms with E-state index < -0.39 is 11.9 Å². The molecular formula is C21H19ClN4O4. The molecule has 0 aliphatic rings. The second-order valence-corrected chi connectivity index (χ2v) is 6.55. The van der Waals surface area contributed by atoms with Gasteiger partial charge in [-0.2, -0.15) is 10.2 Å². The van der Waals surface area contributed by atoms with Crippen LogP contribution in [-0.2, 0) is 0 Å². The zero-order valence-electron chi connectivity index (χ0n) is 16.3. The summed E-state index contributed by atoms with van der Waals surface area (Å²) in [6.07, 6.45) is 1.44. The molecule has 8 nitrogen and oxygen atoms in total. The lowest BCUT2D eigenvalue weighted by atomic mass is 10.2. The number of hydrogen-bond acceptors (Lipinski definition) is 6. The van der Waals surface area contributed by atoms with Crippen molar-refractivity contribution < 1.29 is 19.1 Å². The van der Waals surface area contributed by atoms with Crippen LogP contribution in [0.2, 0.25) is 5.02 Å². The highest BCUT2D eigenvalue weighted by Crippen LogP contribution is 2.29. The molecule has 3 aromatic rings. The molecule has 0 saturated carbocycles. The zero-order chi connectivity index (χ0) is 21.5. The molecule has 0 spiro atoms. The van der Waals surface area contributed by atoms with Gasteiger partial charge in [-0.05, 0) is 55.8 Å². The average Bonchev–Trinajstić information content (AvgIpc) is 3.16. The van der Waals surface area contributed by atoms with Gasteiger partial charge in [0, 0.05) is 5.69 Å². The van der Waals surface area contributed by atoms with Crippen molar-refractivity contribution in [1.82, 2.24) is 15.6 Å². The lowest BCUT2D eigenvalue weighted by molar-refractivity contribution is 0.0728. The largest absolute Gasteiger partial charge is 0.490 e. The molecule has 0 bridgehead atoms. The number of aromatic nitrogens is 2. The third-order valence-corrected chi connectivity index (χ3v) is 4.21. The normalized spacial score (nSPS) is 10.8. The second kappa shape index (κ2) is 9.71. The molecule has 1 aromatic heterocycles. The van der Waals surface area contributed by atoms with E-state index in [2.05, 4.69) is 20.7 Å². The number of amides is 1. The van der Waals surface area contributed by atoms with Crippen LogP contribution in [0.25, 0.3) is 0 Å². The molecule has 3 rings (SSSR count). The molecule has 0 atom stereocenters. The first-order valence-electron chi connectivity index (χ1n) is 9.07. The maximum Gasteiger partial charge on any atom is 0.345 e. The first kappa shape index (κ1) is 21.1. The molecule has 0 aliphatic heterocycles. The van der Waals surface area contributed by atoms with E-state index in [1.165, 1.54) is 6.21 Å². The van der Waals surface area contributed by atoms with Gasteiger partial charge in [-0.15, -0.1) is 0 Å². The van der Waals surface area contributed by atoms with Crippen molar-refractivity contribution in [2.45, 2.75) is 13.8 Å². The number of rotatable bonds is 7. The van der Waals surface area contributed by atoms with E-state index in [-0.39, 0.29) is 17.0 Å². The van der Waals surface area contributed by atoms with Crippen molar-refractivity contribution in [3.05, 3.63) is 76.1 Å². The number of benzene rings is 2. The predicted molar refractivity (Wildman–Crippen MR) is 112 cm³/mol. The Morgan fingerprint density at radius 2 is 2.00 bits per heavy atom. The quantitative estimate of drug-likeness (QED) is 0.259. The fraction of sp³-hybridized carbons (Fsp3) is 0.143. The summed E-state index contributed by atoms with van der Waals surface area (Å²) >= 11 is 6.05. The Balaban J connectivity index is 1.72. The zero-order valence-corrected chi connectivity index (χ0v) is 17.1. The molecule has 0 saturated heterocycles. The summed E-state index contributed by atoms with van der Waals surface area (Å²) < 4.78 is 11.0. The number of hydrazone groups is 1. The Hall–Kier alpha value is -3.65. The fourth-order valence-electron chi connectivity index (χ4n) is 2.50. The van der Waals surface area contributed by atoms with E-state index >= 15 is 0 Å². The number of ether oxygens (including phenoxy) is 2. The highest BCUT2D eigenvalue weighted by atomic mass is 35.5. The van der Waals surface area contributed by atoms with Gasteiger partial charge in [-0.3, -0.25) is 9.89 Å². The van der Waals surface area contributed by atoms with Gasteiger partial charge in [0.25, 0.3) is 5.91 Å². The Kier molecular flexibility index (Phi) is 6.82. The Morgan fingerprint density at radius 1 is 1.20 bits per heavy atom. The SMILES string of the molecule is CCOc1cc(/C=N\NC(=O)c2cc(C)[nH]n2)ccc1OC(=O)c1ccccc1Cl. The van der Waals surface area contributed by atoms with Gasteiger partial charge in [0.05, 0.1) is 23.4 Å². The van der Waals surface area contributed by atoms with Crippen LogP contribution in [0.5, 0.6) is 11.5 Å². The number of aryl methyl sites for hydroxylation is 1. The lowest BCUT2D eigenvalue weighted by Gasteiger charge is -2.11. The van der Waals surface area contributed by atoms with Gasteiger partial charge in [-0.25, -0.2) is 10.2 Å². The Bertz CT molecular complexity index is 1090. The van der Waals surface area contributed by atoms with Crippen LogP contribution in [0, 0.1) is 6.92 Å². The molecule has 2 aromatic carbocycles. The van der Waals surface area contributed by atoms with Gasteiger partial charge >= 0.3 is 5.97 Å². The number of carbonyl (C=O) groups is 2. The number of hydrogen-bond donors (Lipinski definition) is 2. The standard InChI is InChI=1S/C21H19ClN4O4/c1-3-29-19-11-14(12-23-26-20(27)17-10-13(2)24-25-17)8-9-18(19)30-21(28)15-6-4-5-7-16(15)22/h4-12H,3H2,1-2H3,(H,24,25)(H,26,27)/b23-12-. The summed E-state index contributed by atoms with van der Waals surface area (Å²) in [4.78, 5) is 24.4. The van der Waals surface area contributed by atoms with Gasteiger partial charge in [0.1, 0.15) is 0 Å². The van der Waals surface area contributed by atoms with Crippen LogP contribution in [-0.4, -0.2) is 34.9 Å². The number of esters is 1. The van der Waals surface area contributed by atoms with E-state index in [0.29, 0.717) is 22.9 Å². The fourth-order valence-corrected chi connectivity index (χ4v) is 2.71. The Morgan fingerprint density at radius 3 is 2.70 bits per heavy atom. The molecule has 2 N–H and O–H groups in total. The monoisotopic (exact) mass is 426 g/mol. The lowest BCUT2D eigenvalue weighted by Crippen LogP contribution is -2.18. The van der Waals surface area contributed by atoms with Crippen molar-refractivity contribution >= 4 is 29.7 Å². The molecule has 1 amide bonds.